The predicted molar refractivity (Wildman–Crippen MR) is 78.3 cm³/mol. The Morgan fingerprint density at radius 3 is 2.71 bits per heavy atom. The molecule has 2 heterocycles. The molecule has 9 heteroatoms. The molecule has 0 saturated carbocycles. The number of hydrogen-bond acceptors (Lipinski definition) is 5. The minimum Gasteiger partial charge on any atom is -0.390 e. The van der Waals surface area contributed by atoms with Crippen molar-refractivity contribution in [3.8, 4) is 0 Å². The molecule has 3 aromatic rings. The Bertz CT molecular complexity index is 908. The van der Waals surface area contributed by atoms with Crippen molar-refractivity contribution in [3.63, 3.8) is 0 Å². The first-order chi connectivity index (χ1) is 11.4. The number of alkyl halides is 3. The molecular formula is C15H12F3N5O. The topological polar surface area (TPSA) is 75.3 Å². The lowest BCUT2D eigenvalue weighted by Gasteiger charge is -2.18. The van der Waals surface area contributed by atoms with Gasteiger partial charge < -0.3 is 10.4 Å². The smallest absolute Gasteiger partial charge is 0.390 e. The number of fused-ring (bicyclic) bond motifs is 2. The summed E-state index contributed by atoms with van der Waals surface area (Å²) in [5, 5.41) is 23.8. The van der Waals surface area contributed by atoms with Gasteiger partial charge in [-0.15, -0.1) is 15.3 Å². The number of anilines is 1. The Hall–Kier alpha value is -2.68. The molecule has 2 atom stereocenters. The van der Waals surface area contributed by atoms with Gasteiger partial charge in [-0.1, -0.05) is 24.3 Å². The minimum atomic E-state index is -4.65. The number of aliphatic hydroxyl groups excluding tert-OH is 1. The predicted octanol–water partition coefficient (Wildman–Crippen LogP) is 2.21. The molecule has 24 heavy (non-hydrogen) atoms. The summed E-state index contributed by atoms with van der Waals surface area (Å²) in [4.78, 5) is 0. The van der Waals surface area contributed by atoms with Gasteiger partial charge in [0.25, 0.3) is 5.82 Å². The SMILES string of the molecule is O[C@@H]1Cc2ccccc2[C@@H]1Nc1ccc2nnc(C(F)(F)F)n2n1. The standard InChI is InChI=1S/C15H12F3N5O/c16-15(17,18)14-21-20-12-6-5-11(22-23(12)14)19-13-9-4-2-1-3-8(9)7-10(13)24/h1-6,10,13,24H,7H2,(H,19,22)/t10-,13+/m1/s1. The van der Waals surface area contributed by atoms with Crippen molar-refractivity contribution < 1.29 is 18.3 Å². The van der Waals surface area contributed by atoms with Gasteiger partial charge in [0, 0.05) is 6.42 Å². The van der Waals surface area contributed by atoms with Gasteiger partial charge in [0.05, 0.1) is 12.1 Å². The van der Waals surface area contributed by atoms with Crippen LogP contribution in [0.4, 0.5) is 19.0 Å². The highest BCUT2D eigenvalue weighted by Gasteiger charge is 2.38. The maximum atomic E-state index is 12.9. The third-order valence-electron chi connectivity index (χ3n) is 4.02. The zero-order chi connectivity index (χ0) is 16.9. The monoisotopic (exact) mass is 335 g/mol. The highest BCUT2D eigenvalue weighted by molar-refractivity contribution is 5.48. The fourth-order valence-corrected chi connectivity index (χ4v) is 2.95. The highest BCUT2D eigenvalue weighted by atomic mass is 19.4. The fraction of sp³-hybridized carbons (Fsp3) is 0.267. The van der Waals surface area contributed by atoms with E-state index in [1.54, 1.807) is 0 Å². The van der Waals surface area contributed by atoms with Gasteiger partial charge in [0.15, 0.2) is 5.65 Å². The summed E-state index contributed by atoms with van der Waals surface area (Å²) in [5.41, 5.74) is 1.91. The summed E-state index contributed by atoms with van der Waals surface area (Å²) >= 11 is 0. The van der Waals surface area contributed by atoms with Gasteiger partial charge in [0.2, 0.25) is 0 Å². The molecule has 0 saturated heterocycles. The molecule has 0 radical (unpaired) electrons. The summed E-state index contributed by atoms with van der Waals surface area (Å²) in [6.45, 7) is 0. The van der Waals surface area contributed by atoms with Crippen LogP contribution in [0.2, 0.25) is 0 Å². The average Bonchev–Trinajstić information content (AvgIpc) is 3.08. The Kier molecular flexibility index (Phi) is 3.20. The second kappa shape index (κ2) is 5.17. The van der Waals surface area contributed by atoms with Crippen LogP contribution in [0.1, 0.15) is 23.0 Å². The zero-order valence-corrected chi connectivity index (χ0v) is 12.2. The van der Waals surface area contributed by atoms with Crippen molar-refractivity contribution in [3.05, 3.63) is 53.3 Å². The highest BCUT2D eigenvalue weighted by Crippen LogP contribution is 2.34. The van der Waals surface area contributed by atoms with E-state index in [2.05, 4.69) is 20.6 Å². The molecule has 0 aliphatic heterocycles. The molecule has 1 aromatic carbocycles. The summed E-state index contributed by atoms with van der Waals surface area (Å²) in [5.74, 6) is -0.984. The largest absolute Gasteiger partial charge is 0.453 e. The van der Waals surface area contributed by atoms with E-state index in [1.807, 2.05) is 24.3 Å². The molecule has 0 fully saturated rings. The number of nitrogens with zero attached hydrogens (tertiary/aromatic N) is 4. The van der Waals surface area contributed by atoms with Gasteiger partial charge >= 0.3 is 6.18 Å². The van der Waals surface area contributed by atoms with E-state index in [1.165, 1.54) is 12.1 Å². The number of halogens is 3. The van der Waals surface area contributed by atoms with Crippen LogP contribution in [0.25, 0.3) is 5.65 Å². The van der Waals surface area contributed by atoms with Crippen LogP contribution in [0.3, 0.4) is 0 Å². The Balaban J connectivity index is 1.70. The van der Waals surface area contributed by atoms with E-state index in [0.717, 1.165) is 11.1 Å². The second-order valence-corrected chi connectivity index (χ2v) is 5.60. The lowest BCUT2D eigenvalue weighted by Crippen LogP contribution is -2.22. The summed E-state index contributed by atoms with van der Waals surface area (Å²) < 4.78 is 39.4. The quantitative estimate of drug-likeness (QED) is 0.751. The van der Waals surface area contributed by atoms with Crippen molar-refractivity contribution in [2.45, 2.75) is 24.7 Å². The maximum Gasteiger partial charge on any atom is 0.453 e. The number of benzene rings is 1. The molecule has 4 rings (SSSR count). The average molecular weight is 335 g/mol. The molecule has 6 nitrogen and oxygen atoms in total. The molecule has 0 amide bonds. The summed E-state index contributed by atoms with van der Waals surface area (Å²) in [6, 6.07) is 9.99. The normalized spacial score (nSPS) is 20.3. The van der Waals surface area contributed by atoms with E-state index in [4.69, 9.17) is 0 Å². The van der Waals surface area contributed by atoms with Gasteiger partial charge in [-0.2, -0.15) is 17.7 Å². The van der Waals surface area contributed by atoms with E-state index in [9.17, 15) is 18.3 Å². The van der Waals surface area contributed by atoms with Gasteiger partial charge in [0.1, 0.15) is 5.82 Å². The first-order valence-corrected chi connectivity index (χ1v) is 7.25. The first-order valence-electron chi connectivity index (χ1n) is 7.25. The lowest BCUT2D eigenvalue weighted by molar-refractivity contribution is -0.146. The number of hydrogen-bond donors (Lipinski definition) is 2. The molecule has 2 aromatic heterocycles. The minimum absolute atomic E-state index is 0.000227. The summed E-state index contributed by atoms with van der Waals surface area (Å²) in [6.07, 6.45) is -4.84. The first kappa shape index (κ1) is 14.9. The Morgan fingerprint density at radius 2 is 1.92 bits per heavy atom. The number of rotatable bonds is 2. The molecule has 1 aliphatic carbocycles. The fourth-order valence-electron chi connectivity index (χ4n) is 2.95. The molecule has 0 bridgehead atoms. The molecular weight excluding hydrogens is 323 g/mol. The van der Waals surface area contributed by atoms with Crippen molar-refractivity contribution in [1.82, 2.24) is 19.8 Å². The van der Waals surface area contributed by atoms with Gasteiger partial charge in [-0.05, 0) is 23.3 Å². The van der Waals surface area contributed by atoms with Crippen LogP contribution in [0, 0.1) is 0 Å². The van der Waals surface area contributed by atoms with Crippen LogP contribution < -0.4 is 5.32 Å². The lowest BCUT2D eigenvalue weighted by atomic mass is 10.1. The Morgan fingerprint density at radius 1 is 1.12 bits per heavy atom. The van der Waals surface area contributed by atoms with Crippen LogP contribution >= 0.6 is 0 Å². The summed E-state index contributed by atoms with van der Waals surface area (Å²) in [7, 11) is 0. The number of aliphatic hydroxyl groups is 1. The molecule has 0 unspecified atom stereocenters. The third-order valence-corrected chi connectivity index (χ3v) is 4.02. The van der Waals surface area contributed by atoms with Crippen molar-refractivity contribution in [2.24, 2.45) is 0 Å². The van der Waals surface area contributed by atoms with Crippen LogP contribution in [-0.4, -0.2) is 31.0 Å². The Labute approximate surface area is 133 Å². The van der Waals surface area contributed by atoms with Crippen LogP contribution in [0.15, 0.2) is 36.4 Å². The van der Waals surface area contributed by atoms with Crippen LogP contribution in [-0.2, 0) is 12.6 Å². The van der Waals surface area contributed by atoms with E-state index in [-0.39, 0.29) is 11.5 Å². The van der Waals surface area contributed by atoms with Crippen molar-refractivity contribution in [1.29, 1.82) is 0 Å². The van der Waals surface area contributed by atoms with Crippen LogP contribution in [0.5, 0.6) is 0 Å². The molecule has 0 spiro atoms. The zero-order valence-electron chi connectivity index (χ0n) is 12.2. The van der Waals surface area contributed by atoms with Gasteiger partial charge in [-0.3, -0.25) is 0 Å². The van der Waals surface area contributed by atoms with Crippen molar-refractivity contribution in [2.75, 3.05) is 5.32 Å². The molecule has 1 aliphatic rings. The molecule has 124 valence electrons. The molecule has 2 N–H and O–H groups in total. The number of aromatic nitrogens is 4. The van der Waals surface area contributed by atoms with E-state index in [0.29, 0.717) is 10.9 Å². The van der Waals surface area contributed by atoms with Crippen molar-refractivity contribution >= 4 is 11.5 Å². The third kappa shape index (κ3) is 2.37. The van der Waals surface area contributed by atoms with E-state index < -0.39 is 24.1 Å². The second-order valence-electron chi connectivity index (χ2n) is 5.60. The number of nitrogens with one attached hydrogen (secondary N) is 1. The maximum absolute atomic E-state index is 12.9. The van der Waals surface area contributed by atoms with Gasteiger partial charge in [-0.25, -0.2) is 0 Å². The van der Waals surface area contributed by atoms with E-state index >= 15 is 0 Å².